The van der Waals surface area contributed by atoms with Gasteiger partial charge in [-0.3, -0.25) is 9.79 Å². The molecular formula is C27H29ClF5N7O3. The number of halogens is 6. The van der Waals surface area contributed by atoms with Crippen molar-refractivity contribution in [2.45, 2.75) is 50.4 Å². The summed E-state index contributed by atoms with van der Waals surface area (Å²) in [6.45, 7) is 0.597. The molecule has 0 radical (unpaired) electrons. The summed E-state index contributed by atoms with van der Waals surface area (Å²) >= 11 is 6.54. The number of anilines is 2. The van der Waals surface area contributed by atoms with Crippen LogP contribution in [0.2, 0.25) is 0 Å². The maximum absolute atomic E-state index is 15.0. The van der Waals surface area contributed by atoms with Gasteiger partial charge in [0.1, 0.15) is 17.7 Å². The average molecular weight is 630 g/mol. The Labute approximate surface area is 248 Å². The van der Waals surface area contributed by atoms with Crippen LogP contribution in [0.5, 0.6) is 6.01 Å². The van der Waals surface area contributed by atoms with E-state index in [-0.39, 0.29) is 42.7 Å². The van der Waals surface area contributed by atoms with E-state index in [9.17, 15) is 22.4 Å². The van der Waals surface area contributed by atoms with Gasteiger partial charge in [0, 0.05) is 44.1 Å². The van der Waals surface area contributed by atoms with Gasteiger partial charge < -0.3 is 30.7 Å². The maximum atomic E-state index is 15.0. The zero-order valence-electron chi connectivity index (χ0n) is 23.2. The van der Waals surface area contributed by atoms with Crippen molar-refractivity contribution in [2.24, 2.45) is 10.7 Å². The SMILES string of the molecule is COc1nc2c(c(N3CCCN=C(/C(Cl)=C(\N)C(=O)N(C)C4CC4F)C3)n1)COC(c1c(C(F)(F)F)ccc(N)c1F)C2. The number of rotatable bonds is 6. The second-order valence-electron chi connectivity index (χ2n) is 10.5. The second-order valence-corrected chi connectivity index (χ2v) is 10.8. The summed E-state index contributed by atoms with van der Waals surface area (Å²) in [4.78, 5) is 29.1. The molecule has 1 amide bonds. The number of benzene rings is 1. The van der Waals surface area contributed by atoms with E-state index in [2.05, 4.69) is 15.0 Å². The summed E-state index contributed by atoms with van der Waals surface area (Å²) in [5, 5.41) is -0.0807. The Kier molecular flexibility index (Phi) is 8.40. The minimum atomic E-state index is -4.85. The van der Waals surface area contributed by atoms with E-state index >= 15 is 4.39 Å². The van der Waals surface area contributed by atoms with E-state index in [1.165, 1.54) is 19.1 Å². The first kappa shape index (κ1) is 30.7. The number of nitrogen functional groups attached to an aromatic ring is 1. The number of methoxy groups -OCH3 is 1. The summed E-state index contributed by atoms with van der Waals surface area (Å²) in [6, 6.07) is 0.967. The highest BCUT2D eigenvalue weighted by Gasteiger charge is 2.44. The lowest BCUT2D eigenvalue weighted by Crippen LogP contribution is -2.37. The zero-order chi connectivity index (χ0) is 31.2. The lowest BCUT2D eigenvalue weighted by atomic mass is 9.94. The number of aromatic nitrogens is 2. The third-order valence-corrected chi connectivity index (χ3v) is 8.05. The number of carbonyl (C=O) groups excluding carboxylic acids is 1. The molecule has 3 unspecified atom stereocenters. The van der Waals surface area contributed by atoms with Crippen LogP contribution >= 0.6 is 11.6 Å². The van der Waals surface area contributed by atoms with Crippen LogP contribution in [0.1, 0.15) is 41.3 Å². The van der Waals surface area contributed by atoms with Gasteiger partial charge in [0.05, 0.1) is 60.1 Å². The van der Waals surface area contributed by atoms with Crippen LogP contribution in [0.15, 0.2) is 27.9 Å². The molecule has 3 aliphatic rings. The van der Waals surface area contributed by atoms with Gasteiger partial charge in [-0.05, 0) is 18.6 Å². The molecule has 2 aliphatic heterocycles. The third-order valence-electron chi connectivity index (χ3n) is 7.63. The van der Waals surface area contributed by atoms with E-state index < -0.39 is 53.0 Å². The van der Waals surface area contributed by atoms with Crippen molar-refractivity contribution in [3.05, 3.63) is 51.1 Å². The number of alkyl halides is 4. The van der Waals surface area contributed by atoms with Gasteiger partial charge in [-0.15, -0.1) is 0 Å². The topological polar surface area (TPSA) is 132 Å². The molecule has 1 aromatic carbocycles. The highest BCUT2D eigenvalue weighted by Crippen LogP contribution is 2.43. The van der Waals surface area contributed by atoms with Gasteiger partial charge in [-0.2, -0.15) is 23.1 Å². The Morgan fingerprint density at radius 2 is 2.00 bits per heavy atom. The van der Waals surface area contributed by atoms with Gasteiger partial charge in [0.2, 0.25) is 0 Å². The molecule has 3 atom stereocenters. The Hall–Kier alpha value is -3.72. The number of carbonyl (C=O) groups is 1. The van der Waals surface area contributed by atoms with Gasteiger partial charge in [0.15, 0.2) is 5.82 Å². The number of nitrogens with two attached hydrogens (primary N) is 2. The molecule has 1 aromatic heterocycles. The summed E-state index contributed by atoms with van der Waals surface area (Å²) in [5.41, 5.74) is 10.1. The molecule has 2 aromatic rings. The molecule has 43 heavy (non-hydrogen) atoms. The molecule has 5 rings (SSSR count). The van der Waals surface area contributed by atoms with Crippen molar-refractivity contribution in [1.29, 1.82) is 0 Å². The number of hydrogen-bond donors (Lipinski definition) is 2. The molecule has 16 heteroatoms. The van der Waals surface area contributed by atoms with Crippen LogP contribution in [0.4, 0.5) is 33.5 Å². The van der Waals surface area contributed by atoms with Crippen LogP contribution in [0.3, 0.4) is 0 Å². The van der Waals surface area contributed by atoms with Crippen LogP contribution < -0.4 is 21.1 Å². The summed E-state index contributed by atoms with van der Waals surface area (Å²) in [5.74, 6) is -1.48. The fourth-order valence-corrected chi connectivity index (χ4v) is 5.39. The number of ether oxygens (including phenoxy) is 2. The summed E-state index contributed by atoms with van der Waals surface area (Å²) in [6.07, 6.45) is -6.72. The van der Waals surface area contributed by atoms with Crippen LogP contribution in [0.25, 0.3) is 0 Å². The molecule has 10 nitrogen and oxygen atoms in total. The molecule has 1 aliphatic carbocycles. The van der Waals surface area contributed by atoms with Gasteiger partial charge in [-0.1, -0.05) is 11.6 Å². The number of fused-ring (bicyclic) bond motifs is 1. The Morgan fingerprint density at radius 1 is 1.28 bits per heavy atom. The average Bonchev–Trinajstić information content (AvgIpc) is 3.76. The molecular weight excluding hydrogens is 601 g/mol. The molecule has 0 bridgehead atoms. The second kappa shape index (κ2) is 11.8. The first-order valence-electron chi connectivity index (χ1n) is 13.4. The van der Waals surface area contributed by atoms with Gasteiger partial charge >= 0.3 is 12.2 Å². The van der Waals surface area contributed by atoms with Gasteiger partial charge in [-0.25, -0.2) is 8.78 Å². The standard InChI is InChI=1S/C27H29ClF5N7O3/c1-39(18-8-14(18)29)25(41)23(35)21(28)17-10-40(7-3-6-36-17)24-12-11-43-19(9-16(12)37-26(38-24)42-2)20-13(27(31,32)33)4-5-15(34)22(20)30/h4-5,14,18-19H,3,6-11,34-35H2,1-2H3/b23-21+. The lowest BCUT2D eigenvalue weighted by molar-refractivity contribution is -0.140. The molecule has 1 fully saturated rings. The van der Waals surface area contributed by atoms with E-state index in [0.29, 0.717) is 42.3 Å². The van der Waals surface area contributed by atoms with Crippen molar-refractivity contribution in [1.82, 2.24) is 14.9 Å². The number of aliphatic imine (C=N–C) groups is 1. The normalized spacial score (nSPS) is 22.7. The Bertz CT molecular complexity index is 1500. The summed E-state index contributed by atoms with van der Waals surface area (Å²) < 4.78 is 81.0. The van der Waals surface area contributed by atoms with Crippen molar-refractivity contribution >= 4 is 34.7 Å². The van der Waals surface area contributed by atoms with E-state index in [0.717, 1.165) is 12.1 Å². The predicted molar refractivity (Wildman–Crippen MR) is 148 cm³/mol. The molecule has 4 N–H and O–H groups in total. The first-order valence-corrected chi connectivity index (χ1v) is 13.7. The summed E-state index contributed by atoms with van der Waals surface area (Å²) in [7, 11) is 2.78. The Balaban J connectivity index is 1.46. The van der Waals surface area contributed by atoms with E-state index in [4.69, 9.17) is 32.5 Å². The first-order chi connectivity index (χ1) is 20.3. The minimum Gasteiger partial charge on any atom is -0.467 e. The molecule has 0 saturated heterocycles. The highest BCUT2D eigenvalue weighted by atomic mass is 35.5. The molecule has 0 spiro atoms. The van der Waals surface area contributed by atoms with Crippen LogP contribution in [-0.2, 0) is 28.7 Å². The highest BCUT2D eigenvalue weighted by molar-refractivity contribution is 6.45. The fraction of sp³-hybridized carbons (Fsp3) is 0.481. The Morgan fingerprint density at radius 3 is 2.65 bits per heavy atom. The molecule has 3 heterocycles. The predicted octanol–water partition coefficient (Wildman–Crippen LogP) is 3.67. The minimum absolute atomic E-state index is 0.0593. The molecule has 232 valence electrons. The number of hydrogen-bond acceptors (Lipinski definition) is 9. The van der Waals surface area contributed by atoms with Crippen molar-refractivity contribution in [3.8, 4) is 6.01 Å². The maximum Gasteiger partial charge on any atom is 0.416 e. The van der Waals surface area contributed by atoms with Crippen LogP contribution in [-0.4, -0.2) is 72.5 Å². The van der Waals surface area contributed by atoms with Gasteiger partial charge in [0.25, 0.3) is 5.91 Å². The van der Waals surface area contributed by atoms with Crippen molar-refractivity contribution in [3.63, 3.8) is 0 Å². The largest absolute Gasteiger partial charge is 0.467 e. The quantitative estimate of drug-likeness (QED) is 0.281. The van der Waals surface area contributed by atoms with E-state index in [1.54, 1.807) is 4.90 Å². The fourth-order valence-electron chi connectivity index (χ4n) is 5.19. The third kappa shape index (κ3) is 6.05. The monoisotopic (exact) mass is 629 g/mol. The smallest absolute Gasteiger partial charge is 0.416 e. The lowest BCUT2D eigenvalue weighted by Gasteiger charge is -2.31. The van der Waals surface area contributed by atoms with Crippen molar-refractivity contribution in [2.75, 3.05) is 44.4 Å². The van der Waals surface area contributed by atoms with E-state index in [1.807, 2.05) is 0 Å². The number of likely N-dealkylation sites (N-methyl/N-ethyl adjacent to an activating group) is 1. The number of amides is 1. The molecule has 1 saturated carbocycles. The zero-order valence-corrected chi connectivity index (χ0v) is 24.0. The van der Waals surface area contributed by atoms with Crippen LogP contribution in [0, 0.1) is 5.82 Å². The van der Waals surface area contributed by atoms with Crippen molar-refractivity contribution < 1.29 is 36.2 Å². The number of nitrogens with zero attached hydrogens (tertiary/aromatic N) is 5.